The fourth-order valence-electron chi connectivity index (χ4n) is 2.94. The Morgan fingerprint density at radius 3 is 2.83 bits per heavy atom. The van der Waals surface area contributed by atoms with Crippen molar-refractivity contribution in [2.24, 2.45) is 12.0 Å². The molecule has 24 heavy (non-hydrogen) atoms. The number of ether oxygens (including phenoxy) is 1. The summed E-state index contributed by atoms with van der Waals surface area (Å²) in [6.45, 7) is 3.00. The van der Waals surface area contributed by atoms with Crippen molar-refractivity contribution < 1.29 is 4.74 Å². The third kappa shape index (κ3) is 3.82. The van der Waals surface area contributed by atoms with Crippen LogP contribution in [0.25, 0.3) is 0 Å². The van der Waals surface area contributed by atoms with Crippen LogP contribution in [0.15, 0.2) is 39.9 Å². The molecule has 0 saturated carbocycles. The maximum absolute atomic E-state index is 5.48. The molecule has 0 amide bonds. The Balaban J connectivity index is 1.61. The van der Waals surface area contributed by atoms with Gasteiger partial charge < -0.3 is 19.5 Å². The first-order valence-electron chi connectivity index (χ1n) is 7.98. The Kier molecular flexibility index (Phi) is 5.26. The molecule has 1 aromatic carbocycles. The van der Waals surface area contributed by atoms with Gasteiger partial charge in [-0.25, -0.2) is 0 Å². The van der Waals surface area contributed by atoms with Crippen molar-refractivity contribution in [2.75, 3.05) is 14.1 Å². The zero-order valence-electron chi connectivity index (χ0n) is 14.3. The summed E-state index contributed by atoms with van der Waals surface area (Å²) < 4.78 is 8.69. The maximum Gasteiger partial charge on any atom is 0.194 e. The molecule has 1 aliphatic rings. The average molecular weight is 391 g/mol. The summed E-state index contributed by atoms with van der Waals surface area (Å²) in [4.78, 5) is 6.52. The second kappa shape index (κ2) is 7.40. The maximum atomic E-state index is 5.48. The summed E-state index contributed by atoms with van der Waals surface area (Å²) in [5.41, 5.74) is 5.07. The van der Waals surface area contributed by atoms with Crippen LogP contribution in [-0.2, 0) is 38.1 Å². The number of nitrogens with one attached hydrogen (secondary N) is 1. The second-order valence-electron chi connectivity index (χ2n) is 6.11. The Morgan fingerprint density at radius 2 is 2.12 bits per heavy atom. The van der Waals surface area contributed by atoms with E-state index < -0.39 is 0 Å². The molecular weight excluding hydrogens is 368 g/mol. The number of aryl methyl sites for hydroxylation is 1. The van der Waals surface area contributed by atoms with Crippen LogP contribution in [0, 0.1) is 0 Å². The molecule has 0 radical (unpaired) electrons. The van der Waals surface area contributed by atoms with Gasteiger partial charge in [0.05, 0.1) is 19.8 Å². The summed E-state index contributed by atoms with van der Waals surface area (Å²) in [6, 6.07) is 8.66. The van der Waals surface area contributed by atoms with Gasteiger partial charge in [-0.2, -0.15) is 0 Å². The van der Waals surface area contributed by atoms with Crippen molar-refractivity contribution in [3.05, 3.63) is 57.3 Å². The number of hydrogen-bond donors (Lipinski definition) is 1. The molecule has 128 valence electrons. The molecule has 1 N–H and O–H groups in total. The van der Waals surface area contributed by atoms with Crippen molar-refractivity contribution in [3.8, 4) is 0 Å². The molecule has 0 saturated heterocycles. The van der Waals surface area contributed by atoms with E-state index in [2.05, 4.69) is 73.2 Å². The summed E-state index contributed by atoms with van der Waals surface area (Å²) >= 11 is 3.52. The van der Waals surface area contributed by atoms with Crippen molar-refractivity contribution in [1.29, 1.82) is 0 Å². The lowest BCUT2D eigenvalue weighted by atomic mass is 10.1. The molecule has 2 heterocycles. The number of aromatic nitrogens is 1. The Hall–Kier alpha value is -1.79. The van der Waals surface area contributed by atoms with Gasteiger partial charge in [0.1, 0.15) is 0 Å². The average Bonchev–Trinajstić information content (AvgIpc) is 3.13. The summed E-state index contributed by atoms with van der Waals surface area (Å²) in [5, 5.41) is 3.44. The largest absolute Gasteiger partial charge is 0.372 e. The van der Waals surface area contributed by atoms with Gasteiger partial charge in [0, 0.05) is 44.1 Å². The third-order valence-corrected chi connectivity index (χ3v) is 4.72. The Morgan fingerprint density at radius 1 is 1.33 bits per heavy atom. The lowest BCUT2D eigenvalue weighted by Crippen LogP contribution is -2.38. The summed E-state index contributed by atoms with van der Waals surface area (Å²) in [5.74, 6) is 0.879. The molecule has 0 fully saturated rings. The van der Waals surface area contributed by atoms with Crippen molar-refractivity contribution in [2.45, 2.75) is 26.3 Å². The Bertz CT molecular complexity index is 753. The van der Waals surface area contributed by atoms with Crippen molar-refractivity contribution in [3.63, 3.8) is 0 Å². The highest BCUT2D eigenvalue weighted by atomic mass is 79.9. The fourth-order valence-corrected chi connectivity index (χ4v) is 3.51. The van der Waals surface area contributed by atoms with E-state index in [4.69, 9.17) is 4.74 Å². The molecule has 0 aliphatic carbocycles. The molecular formula is C18H23BrN4O. The SMILES string of the molecule is CN=C(NCc1ccc2c(c1)COC2)N(C)Cc1cc(Br)cn1C. The molecule has 2 aromatic rings. The molecule has 5 nitrogen and oxygen atoms in total. The number of halogens is 1. The first-order chi connectivity index (χ1) is 11.6. The molecule has 6 heteroatoms. The number of benzene rings is 1. The lowest BCUT2D eigenvalue weighted by molar-refractivity contribution is 0.134. The van der Waals surface area contributed by atoms with E-state index in [1.807, 2.05) is 14.1 Å². The number of nitrogens with zero attached hydrogens (tertiary/aromatic N) is 3. The van der Waals surface area contributed by atoms with Crippen LogP contribution < -0.4 is 5.32 Å². The van der Waals surface area contributed by atoms with Gasteiger partial charge in [0.15, 0.2) is 5.96 Å². The summed E-state index contributed by atoms with van der Waals surface area (Å²) in [6.07, 6.45) is 2.06. The molecule has 1 aromatic heterocycles. The molecule has 3 rings (SSSR count). The van der Waals surface area contributed by atoms with Crippen LogP contribution in [0.2, 0.25) is 0 Å². The van der Waals surface area contributed by atoms with Crippen LogP contribution in [0.3, 0.4) is 0 Å². The van der Waals surface area contributed by atoms with E-state index in [-0.39, 0.29) is 0 Å². The number of hydrogen-bond acceptors (Lipinski definition) is 2. The van der Waals surface area contributed by atoms with Crippen LogP contribution >= 0.6 is 15.9 Å². The molecule has 0 unspecified atom stereocenters. The zero-order chi connectivity index (χ0) is 17.1. The van der Waals surface area contributed by atoms with Crippen LogP contribution in [0.1, 0.15) is 22.4 Å². The van der Waals surface area contributed by atoms with Gasteiger partial charge in [-0.3, -0.25) is 4.99 Å². The highest BCUT2D eigenvalue weighted by Gasteiger charge is 2.12. The molecule has 0 bridgehead atoms. The van der Waals surface area contributed by atoms with Gasteiger partial charge in [0.2, 0.25) is 0 Å². The van der Waals surface area contributed by atoms with Crippen LogP contribution in [0.5, 0.6) is 0 Å². The predicted molar refractivity (Wildman–Crippen MR) is 99.7 cm³/mol. The lowest BCUT2D eigenvalue weighted by Gasteiger charge is -2.22. The fraction of sp³-hybridized carbons (Fsp3) is 0.389. The monoisotopic (exact) mass is 390 g/mol. The zero-order valence-corrected chi connectivity index (χ0v) is 15.9. The minimum absolute atomic E-state index is 0.722. The van der Waals surface area contributed by atoms with Gasteiger partial charge in [-0.15, -0.1) is 0 Å². The third-order valence-electron chi connectivity index (χ3n) is 4.28. The quantitative estimate of drug-likeness (QED) is 0.644. The first-order valence-corrected chi connectivity index (χ1v) is 8.77. The number of fused-ring (bicyclic) bond motifs is 1. The molecule has 0 atom stereocenters. The number of rotatable bonds is 4. The number of aliphatic imine (C=N–C) groups is 1. The van der Waals surface area contributed by atoms with Gasteiger partial charge >= 0.3 is 0 Å². The first kappa shape index (κ1) is 17.0. The van der Waals surface area contributed by atoms with E-state index in [0.717, 1.165) is 36.7 Å². The topological polar surface area (TPSA) is 41.8 Å². The van der Waals surface area contributed by atoms with Crippen molar-refractivity contribution >= 4 is 21.9 Å². The predicted octanol–water partition coefficient (Wildman–Crippen LogP) is 3.03. The Labute approximate surface area is 151 Å². The summed E-state index contributed by atoms with van der Waals surface area (Å²) in [7, 11) is 5.92. The minimum atomic E-state index is 0.722. The molecule has 1 aliphatic heterocycles. The van der Waals surface area contributed by atoms with Crippen LogP contribution in [0.4, 0.5) is 0 Å². The van der Waals surface area contributed by atoms with Gasteiger partial charge in [0.25, 0.3) is 0 Å². The smallest absolute Gasteiger partial charge is 0.194 e. The van der Waals surface area contributed by atoms with E-state index in [1.54, 1.807) is 0 Å². The minimum Gasteiger partial charge on any atom is -0.372 e. The van der Waals surface area contributed by atoms with Crippen LogP contribution in [-0.4, -0.2) is 29.5 Å². The standard InChI is InChI=1S/C18H23BrN4O/c1-20-18(23(3)10-17-7-16(19)9-22(17)2)21-8-13-4-5-14-11-24-12-15(14)6-13/h4-7,9H,8,10-12H2,1-3H3,(H,20,21). The van der Waals surface area contributed by atoms with Gasteiger partial charge in [-0.1, -0.05) is 18.2 Å². The highest BCUT2D eigenvalue weighted by Crippen LogP contribution is 2.21. The van der Waals surface area contributed by atoms with E-state index in [1.165, 1.54) is 22.4 Å². The normalized spacial score (nSPS) is 13.9. The highest BCUT2D eigenvalue weighted by molar-refractivity contribution is 9.10. The second-order valence-corrected chi connectivity index (χ2v) is 7.03. The van der Waals surface area contributed by atoms with E-state index in [9.17, 15) is 0 Å². The van der Waals surface area contributed by atoms with Gasteiger partial charge in [-0.05, 0) is 38.7 Å². The molecule has 0 spiro atoms. The van der Waals surface area contributed by atoms with E-state index in [0.29, 0.717) is 0 Å². The number of guanidine groups is 1. The van der Waals surface area contributed by atoms with E-state index >= 15 is 0 Å². The van der Waals surface area contributed by atoms with Crippen molar-refractivity contribution in [1.82, 2.24) is 14.8 Å².